The van der Waals surface area contributed by atoms with Gasteiger partial charge in [-0.05, 0) is 37.1 Å². The van der Waals surface area contributed by atoms with Gasteiger partial charge in [0.1, 0.15) is 11.8 Å². The summed E-state index contributed by atoms with van der Waals surface area (Å²) in [6.45, 7) is 2.95. The van der Waals surface area contributed by atoms with Crippen molar-refractivity contribution in [2.24, 2.45) is 0 Å². The number of hydrogen-bond donors (Lipinski definition) is 1. The van der Waals surface area contributed by atoms with Crippen LogP contribution in [-0.4, -0.2) is 17.0 Å². The van der Waals surface area contributed by atoms with Gasteiger partial charge in [-0.3, -0.25) is 0 Å². The van der Waals surface area contributed by atoms with Crippen molar-refractivity contribution in [1.82, 2.24) is 5.32 Å². The van der Waals surface area contributed by atoms with Gasteiger partial charge in [0.15, 0.2) is 0 Å². The van der Waals surface area contributed by atoms with Crippen molar-refractivity contribution >= 4 is 11.8 Å². The first-order valence-corrected chi connectivity index (χ1v) is 7.20. The minimum Gasteiger partial charge on any atom is -0.449 e. The Morgan fingerprint density at radius 2 is 2.41 bits per heavy atom. The second-order valence-corrected chi connectivity index (χ2v) is 5.92. The maximum Gasteiger partial charge on any atom is 0.203 e. The zero-order chi connectivity index (χ0) is 12.1. The lowest BCUT2D eigenvalue weighted by Gasteiger charge is -2.11. The van der Waals surface area contributed by atoms with Crippen LogP contribution in [0.5, 0.6) is 0 Å². The summed E-state index contributed by atoms with van der Waals surface area (Å²) >= 11 is 2.07. The second-order valence-electron chi connectivity index (χ2n) is 4.35. The highest BCUT2D eigenvalue weighted by Crippen LogP contribution is 2.29. The Hall–Kier alpha value is -0.920. The monoisotopic (exact) mass is 250 g/mol. The highest BCUT2D eigenvalue weighted by atomic mass is 32.2. The van der Waals surface area contributed by atoms with Crippen LogP contribution >= 0.6 is 11.8 Å². The molecule has 1 N–H and O–H groups in total. The van der Waals surface area contributed by atoms with Gasteiger partial charge in [0, 0.05) is 11.3 Å². The molecule has 0 saturated heterocycles. The van der Waals surface area contributed by atoms with E-state index < -0.39 is 0 Å². The molecule has 92 valence electrons. The van der Waals surface area contributed by atoms with E-state index in [2.05, 4.69) is 24.0 Å². The van der Waals surface area contributed by atoms with Gasteiger partial charge in [0.2, 0.25) is 5.76 Å². The average molecular weight is 250 g/mol. The van der Waals surface area contributed by atoms with Gasteiger partial charge in [0.05, 0.1) is 6.54 Å². The summed E-state index contributed by atoms with van der Waals surface area (Å²) in [6, 6.07) is 6.20. The predicted molar refractivity (Wildman–Crippen MR) is 69.8 cm³/mol. The number of furan rings is 1. The van der Waals surface area contributed by atoms with Crippen LogP contribution in [0.3, 0.4) is 0 Å². The van der Waals surface area contributed by atoms with E-state index in [0.717, 1.165) is 17.6 Å². The first-order chi connectivity index (χ1) is 8.31. The van der Waals surface area contributed by atoms with Crippen molar-refractivity contribution in [3.05, 3.63) is 23.7 Å². The molecule has 1 aromatic rings. The third-order valence-electron chi connectivity index (χ3n) is 3.12. The second kappa shape index (κ2) is 6.13. The summed E-state index contributed by atoms with van der Waals surface area (Å²) in [5, 5.41) is 13.0. The Morgan fingerprint density at radius 1 is 1.53 bits per heavy atom. The topological polar surface area (TPSA) is 49.0 Å². The smallest absolute Gasteiger partial charge is 0.203 e. The Balaban J connectivity index is 1.74. The van der Waals surface area contributed by atoms with Gasteiger partial charge < -0.3 is 9.73 Å². The highest BCUT2D eigenvalue weighted by molar-refractivity contribution is 7.99. The van der Waals surface area contributed by atoms with Gasteiger partial charge in [-0.1, -0.05) is 6.92 Å². The molecule has 0 aromatic carbocycles. The van der Waals surface area contributed by atoms with Gasteiger partial charge in [-0.2, -0.15) is 17.0 Å². The lowest BCUT2D eigenvalue weighted by Crippen LogP contribution is -2.25. The molecule has 1 saturated carbocycles. The van der Waals surface area contributed by atoms with Crippen LogP contribution in [0.25, 0.3) is 0 Å². The molecule has 0 spiro atoms. The van der Waals surface area contributed by atoms with Gasteiger partial charge in [-0.25, -0.2) is 0 Å². The standard InChI is InChI=1S/C13H18N2OS/c1-2-17-13-6-3-10(7-13)15-9-12-5-4-11(8-14)16-12/h4-5,10,13,15H,2-3,6-7,9H2,1H3. The van der Waals surface area contributed by atoms with E-state index in [1.807, 2.05) is 12.1 Å². The number of nitrogens with zero attached hydrogens (tertiary/aromatic N) is 1. The van der Waals surface area contributed by atoms with Gasteiger partial charge in [-0.15, -0.1) is 0 Å². The molecule has 1 heterocycles. The van der Waals surface area contributed by atoms with E-state index in [0.29, 0.717) is 11.8 Å². The minimum atomic E-state index is 0.396. The van der Waals surface area contributed by atoms with Crippen molar-refractivity contribution < 1.29 is 4.42 Å². The molecule has 1 fully saturated rings. The Kier molecular flexibility index (Phi) is 4.52. The van der Waals surface area contributed by atoms with Crippen LogP contribution < -0.4 is 5.32 Å². The first kappa shape index (κ1) is 12.5. The molecule has 3 nitrogen and oxygen atoms in total. The summed E-state index contributed by atoms with van der Waals surface area (Å²) in [5.41, 5.74) is 0. The third-order valence-corrected chi connectivity index (χ3v) is 4.36. The number of nitriles is 1. The van der Waals surface area contributed by atoms with E-state index in [-0.39, 0.29) is 0 Å². The summed E-state index contributed by atoms with van der Waals surface area (Å²) < 4.78 is 5.34. The van der Waals surface area contributed by atoms with E-state index in [9.17, 15) is 0 Å². The van der Waals surface area contributed by atoms with Crippen molar-refractivity contribution in [3.8, 4) is 6.07 Å². The number of rotatable bonds is 5. The Morgan fingerprint density at radius 3 is 3.12 bits per heavy atom. The third kappa shape index (κ3) is 3.52. The van der Waals surface area contributed by atoms with Gasteiger partial charge in [0.25, 0.3) is 0 Å². The molecule has 0 radical (unpaired) electrons. The first-order valence-electron chi connectivity index (χ1n) is 6.15. The fourth-order valence-corrected chi connectivity index (χ4v) is 3.43. The van der Waals surface area contributed by atoms with E-state index in [1.165, 1.54) is 25.0 Å². The molecule has 1 aromatic heterocycles. The van der Waals surface area contributed by atoms with Crippen molar-refractivity contribution in [3.63, 3.8) is 0 Å². The summed E-state index contributed by atoms with van der Waals surface area (Å²) in [4.78, 5) is 0. The molecule has 0 amide bonds. The van der Waals surface area contributed by atoms with Crippen molar-refractivity contribution in [1.29, 1.82) is 5.26 Å². The highest BCUT2D eigenvalue weighted by Gasteiger charge is 2.24. The Bertz CT molecular complexity index is 396. The average Bonchev–Trinajstić information content (AvgIpc) is 2.95. The van der Waals surface area contributed by atoms with Crippen LogP contribution in [0, 0.1) is 11.3 Å². The quantitative estimate of drug-likeness (QED) is 0.873. The van der Waals surface area contributed by atoms with Gasteiger partial charge >= 0.3 is 0 Å². The van der Waals surface area contributed by atoms with Crippen LogP contribution in [0.4, 0.5) is 0 Å². The lowest BCUT2D eigenvalue weighted by atomic mass is 10.2. The number of nitrogens with one attached hydrogen (secondary N) is 1. The summed E-state index contributed by atoms with van der Waals surface area (Å²) in [6.07, 6.45) is 3.82. The van der Waals surface area contributed by atoms with Crippen molar-refractivity contribution in [2.45, 2.75) is 44.0 Å². The fourth-order valence-electron chi connectivity index (χ4n) is 2.29. The van der Waals surface area contributed by atoms with Crippen LogP contribution in [-0.2, 0) is 6.54 Å². The van der Waals surface area contributed by atoms with Crippen molar-refractivity contribution in [2.75, 3.05) is 5.75 Å². The summed E-state index contributed by atoms with van der Waals surface area (Å²) in [7, 11) is 0. The molecule has 2 unspecified atom stereocenters. The molecule has 4 heteroatoms. The zero-order valence-electron chi connectivity index (χ0n) is 10.1. The SMILES string of the molecule is CCSC1CCC(NCc2ccc(C#N)o2)C1. The maximum absolute atomic E-state index is 8.66. The van der Waals surface area contributed by atoms with Crippen LogP contribution in [0.2, 0.25) is 0 Å². The molecule has 0 bridgehead atoms. The molecular weight excluding hydrogens is 232 g/mol. The van der Waals surface area contributed by atoms with Crippen LogP contribution in [0.1, 0.15) is 37.7 Å². The number of thioether (sulfide) groups is 1. The largest absolute Gasteiger partial charge is 0.449 e. The summed E-state index contributed by atoms with van der Waals surface area (Å²) in [5.74, 6) is 2.46. The zero-order valence-corrected chi connectivity index (χ0v) is 10.9. The predicted octanol–water partition coefficient (Wildman–Crippen LogP) is 2.92. The normalized spacial score (nSPS) is 23.8. The molecule has 17 heavy (non-hydrogen) atoms. The number of hydrogen-bond acceptors (Lipinski definition) is 4. The molecular formula is C13H18N2OS. The molecule has 1 aliphatic rings. The van der Waals surface area contributed by atoms with Crippen LogP contribution in [0.15, 0.2) is 16.5 Å². The van der Waals surface area contributed by atoms with E-state index >= 15 is 0 Å². The Labute approximate surface area is 107 Å². The molecule has 2 rings (SSSR count). The fraction of sp³-hybridized carbons (Fsp3) is 0.615. The van der Waals surface area contributed by atoms with E-state index in [4.69, 9.17) is 9.68 Å². The lowest BCUT2D eigenvalue weighted by molar-refractivity contribution is 0.441. The maximum atomic E-state index is 8.66. The molecule has 0 aliphatic heterocycles. The minimum absolute atomic E-state index is 0.396. The van der Waals surface area contributed by atoms with E-state index in [1.54, 1.807) is 6.07 Å². The molecule has 2 atom stereocenters. The molecule has 1 aliphatic carbocycles.